The molecule has 1 rings (SSSR count). The Hall–Kier alpha value is -0.150. The molecule has 0 aliphatic heterocycles. The van der Waals surface area contributed by atoms with Crippen LogP contribution in [0.2, 0.25) is 0 Å². The molecule has 2 N–H and O–H groups in total. The maximum atomic E-state index is 8.56. The lowest BCUT2D eigenvalue weighted by Gasteiger charge is -2.00. The first-order chi connectivity index (χ1) is 5.27. The maximum Gasteiger partial charge on any atom is 0.503 e. The highest BCUT2D eigenvalue weighted by molar-refractivity contribution is 6.50. The van der Waals surface area contributed by atoms with Crippen LogP contribution in [0.3, 0.4) is 0 Å². The smallest absolute Gasteiger partial charge is 0.450 e. The van der Waals surface area contributed by atoms with Crippen molar-refractivity contribution in [2.45, 2.75) is 24.6 Å². The lowest BCUT2D eigenvalue weighted by molar-refractivity contribution is 0.137. The maximum absolute atomic E-state index is 8.56. The first-order valence-corrected chi connectivity index (χ1v) is 4.32. The summed E-state index contributed by atoms with van der Waals surface area (Å²) in [6, 6.07) is 0. The summed E-state index contributed by atoms with van der Waals surface area (Å²) in [7, 11) is 0. The second-order valence-corrected chi connectivity index (χ2v) is 4.64. The molecule has 1 atom stereocenters. The standard InChI is InChI=1S/C6H10Cl2.CH2O3/c1-4(2)5-3-6(5,7)8;2-1(3)4/h4-5H,3H2,1-2H3;(H2,2,3,4)/t5-;/m0./s1. The van der Waals surface area contributed by atoms with E-state index >= 15 is 0 Å². The molecular formula is C7H12Cl2O3. The predicted molar refractivity (Wildman–Crippen MR) is 48.0 cm³/mol. The van der Waals surface area contributed by atoms with Gasteiger partial charge in [0.25, 0.3) is 0 Å². The van der Waals surface area contributed by atoms with Gasteiger partial charge in [-0.2, -0.15) is 0 Å². The minimum atomic E-state index is -1.83. The van der Waals surface area contributed by atoms with Gasteiger partial charge in [-0.05, 0) is 18.3 Å². The summed E-state index contributed by atoms with van der Waals surface area (Å²) in [5.74, 6) is 1.19. The van der Waals surface area contributed by atoms with E-state index in [9.17, 15) is 0 Å². The molecule has 0 amide bonds. The summed E-state index contributed by atoms with van der Waals surface area (Å²) in [5.41, 5.74) is 0. The van der Waals surface area contributed by atoms with E-state index in [0.29, 0.717) is 11.8 Å². The number of halogens is 2. The van der Waals surface area contributed by atoms with Crippen LogP contribution in [0, 0.1) is 11.8 Å². The first-order valence-electron chi connectivity index (χ1n) is 3.57. The summed E-state index contributed by atoms with van der Waals surface area (Å²) in [5, 5.41) is 13.9. The first kappa shape index (κ1) is 11.8. The zero-order chi connectivity index (χ0) is 9.94. The highest BCUT2D eigenvalue weighted by Gasteiger charge is 2.52. The quantitative estimate of drug-likeness (QED) is 0.661. The van der Waals surface area contributed by atoms with Gasteiger partial charge in [0, 0.05) is 0 Å². The van der Waals surface area contributed by atoms with Gasteiger partial charge in [-0.25, -0.2) is 4.79 Å². The molecule has 72 valence electrons. The molecule has 0 saturated heterocycles. The van der Waals surface area contributed by atoms with Crippen molar-refractivity contribution in [1.82, 2.24) is 0 Å². The molecule has 3 nitrogen and oxygen atoms in total. The Morgan fingerprint density at radius 1 is 1.50 bits per heavy atom. The van der Waals surface area contributed by atoms with Gasteiger partial charge in [0.15, 0.2) is 0 Å². The number of carboxylic acid groups (broad SMARTS) is 2. The second-order valence-electron chi connectivity index (χ2n) is 3.10. The van der Waals surface area contributed by atoms with E-state index in [4.69, 9.17) is 38.2 Å². The van der Waals surface area contributed by atoms with Crippen LogP contribution in [0.1, 0.15) is 20.3 Å². The highest BCUT2D eigenvalue weighted by Crippen LogP contribution is 2.56. The Labute approximate surface area is 81.3 Å². The monoisotopic (exact) mass is 214 g/mol. The van der Waals surface area contributed by atoms with E-state index < -0.39 is 6.16 Å². The average molecular weight is 215 g/mol. The van der Waals surface area contributed by atoms with E-state index in [1.54, 1.807) is 0 Å². The van der Waals surface area contributed by atoms with Crippen molar-refractivity contribution in [1.29, 1.82) is 0 Å². The van der Waals surface area contributed by atoms with E-state index in [1.165, 1.54) is 0 Å². The van der Waals surface area contributed by atoms with Crippen molar-refractivity contribution in [3.63, 3.8) is 0 Å². The van der Waals surface area contributed by atoms with Crippen molar-refractivity contribution in [3.8, 4) is 0 Å². The van der Waals surface area contributed by atoms with E-state index in [2.05, 4.69) is 13.8 Å². The van der Waals surface area contributed by atoms with Crippen LogP contribution in [-0.4, -0.2) is 20.7 Å². The summed E-state index contributed by atoms with van der Waals surface area (Å²) in [6.07, 6.45) is -0.853. The normalized spacial score (nSPS) is 24.2. The molecule has 1 fully saturated rings. The van der Waals surface area contributed by atoms with Crippen LogP contribution in [-0.2, 0) is 0 Å². The molecule has 0 aromatic rings. The number of hydrogen-bond donors (Lipinski definition) is 2. The van der Waals surface area contributed by atoms with Gasteiger partial charge in [-0.3, -0.25) is 0 Å². The largest absolute Gasteiger partial charge is 0.503 e. The Balaban J connectivity index is 0.000000261. The van der Waals surface area contributed by atoms with Gasteiger partial charge >= 0.3 is 6.16 Å². The SMILES string of the molecule is CC(C)[C@@H]1CC1(Cl)Cl.O=C(O)O. The number of hydrogen-bond acceptors (Lipinski definition) is 1. The lowest BCUT2D eigenvalue weighted by Crippen LogP contribution is -1.97. The molecule has 0 aromatic heterocycles. The summed E-state index contributed by atoms with van der Waals surface area (Å²) >= 11 is 11.5. The number of alkyl halides is 2. The molecule has 0 radical (unpaired) electrons. The minimum absolute atomic E-state index is 0.367. The zero-order valence-electron chi connectivity index (χ0n) is 6.92. The van der Waals surface area contributed by atoms with Crippen molar-refractivity contribution in [3.05, 3.63) is 0 Å². The zero-order valence-corrected chi connectivity index (χ0v) is 8.43. The van der Waals surface area contributed by atoms with E-state index in [0.717, 1.165) is 6.42 Å². The molecule has 0 unspecified atom stereocenters. The van der Waals surface area contributed by atoms with Crippen LogP contribution >= 0.6 is 23.2 Å². The number of carbonyl (C=O) groups is 1. The van der Waals surface area contributed by atoms with E-state index in [1.807, 2.05) is 0 Å². The topological polar surface area (TPSA) is 57.5 Å². The number of rotatable bonds is 1. The lowest BCUT2D eigenvalue weighted by atomic mass is 10.1. The average Bonchev–Trinajstić information content (AvgIpc) is 2.38. The molecule has 1 aliphatic rings. The Bertz CT molecular complexity index is 164. The fourth-order valence-electron chi connectivity index (χ4n) is 0.958. The van der Waals surface area contributed by atoms with Gasteiger partial charge in [0.05, 0.1) is 0 Å². The van der Waals surface area contributed by atoms with Crippen molar-refractivity contribution >= 4 is 29.4 Å². The Morgan fingerprint density at radius 2 is 1.75 bits per heavy atom. The molecular weight excluding hydrogens is 203 g/mol. The van der Waals surface area contributed by atoms with E-state index in [-0.39, 0.29) is 4.33 Å². The molecule has 1 saturated carbocycles. The third-order valence-electron chi connectivity index (χ3n) is 1.68. The fraction of sp³-hybridized carbons (Fsp3) is 0.857. The fourth-order valence-corrected chi connectivity index (χ4v) is 1.79. The minimum Gasteiger partial charge on any atom is -0.450 e. The van der Waals surface area contributed by atoms with Crippen molar-refractivity contribution in [2.75, 3.05) is 0 Å². The van der Waals surface area contributed by atoms with Gasteiger partial charge in [-0.15, -0.1) is 23.2 Å². The van der Waals surface area contributed by atoms with Gasteiger partial charge < -0.3 is 10.2 Å². The molecule has 0 bridgehead atoms. The van der Waals surface area contributed by atoms with Crippen LogP contribution in [0.25, 0.3) is 0 Å². The summed E-state index contributed by atoms with van der Waals surface area (Å²) < 4.78 is -0.367. The molecule has 1 aliphatic carbocycles. The van der Waals surface area contributed by atoms with Crippen LogP contribution in [0.5, 0.6) is 0 Å². The molecule has 5 heteroatoms. The summed E-state index contributed by atoms with van der Waals surface area (Å²) in [4.78, 5) is 8.56. The van der Waals surface area contributed by atoms with Gasteiger partial charge in [0.1, 0.15) is 4.33 Å². The molecule has 0 spiro atoms. The van der Waals surface area contributed by atoms with Crippen molar-refractivity contribution in [2.24, 2.45) is 11.8 Å². The molecule has 12 heavy (non-hydrogen) atoms. The second kappa shape index (κ2) is 4.19. The Kier molecular flexibility index (Phi) is 4.14. The van der Waals surface area contributed by atoms with Crippen molar-refractivity contribution < 1.29 is 15.0 Å². The molecule has 0 heterocycles. The van der Waals surface area contributed by atoms with Crippen LogP contribution in [0.15, 0.2) is 0 Å². The third kappa shape index (κ3) is 4.67. The van der Waals surface area contributed by atoms with Crippen LogP contribution < -0.4 is 0 Å². The molecule has 0 aromatic carbocycles. The third-order valence-corrected chi connectivity index (χ3v) is 2.55. The Morgan fingerprint density at radius 3 is 1.75 bits per heavy atom. The highest BCUT2D eigenvalue weighted by atomic mass is 35.5. The summed E-state index contributed by atoms with van der Waals surface area (Å²) in [6.45, 7) is 4.30. The van der Waals surface area contributed by atoms with Crippen LogP contribution in [0.4, 0.5) is 4.79 Å². The van der Waals surface area contributed by atoms with Gasteiger partial charge in [-0.1, -0.05) is 13.8 Å². The predicted octanol–water partition coefficient (Wildman–Crippen LogP) is 3.06. The van der Waals surface area contributed by atoms with Gasteiger partial charge in [0.2, 0.25) is 0 Å².